The maximum absolute atomic E-state index is 9.89. The van der Waals surface area contributed by atoms with Gasteiger partial charge in [-0.15, -0.1) is 0 Å². The van der Waals surface area contributed by atoms with Gasteiger partial charge < -0.3 is 18.4 Å². The topological polar surface area (TPSA) is 73.6 Å². The van der Waals surface area contributed by atoms with E-state index in [1.54, 1.807) is 0 Å². The van der Waals surface area contributed by atoms with Gasteiger partial charge >= 0.3 is 0 Å². The molecule has 1 aliphatic carbocycles. The van der Waals surface area contributed by atoms with E-state index < -0.39 is 5.41 Å². The van der Waals surface area contributed by atoms with Crippen molar-refractivity contribution in [2.75, 3.05) is 0 Å². The van der Waals surface area contributed by atoms with Crippen molar-refractivity contribution in [2.24, 2.45) is 0 Å². The van der Waals surface area contributed by atoms with E-state index in [1.165, 1.54) is 32.6 Å². The van der Waals surface area contributed by atoms with Gasteiger partial charge in [0.25, 0.3) is 0 Å². The number of fused-ring (bicyclic) bond motifs is 18. The largest absolute Gasteiger partial charge is 0.457 e. The van der Waals surface area contributed by atoms with Crippen LogP contribution >= 0.6 is 0 Å². The summed E-state index contributed by atoms with van der Waals surface area (Å²) in [6.07, 6.45) is 3.83. The average Bonchev–Trinajstić information content (AvgIpc) is 4.17. The first-order valence-electron chi connectivity index (χ1n) is 24.6. The molecule has 5 aromatic heterocycles. The van der Waals surface area contributed by atoms with Crippen LogP contribution in [0, 0.1) is 11.3 Å². The number of nitriles is 1. The van der Waals surface area contributed by atoms with Crippen LogP contribution in [0.4, 0.5) is 0 Å². The smallest absolute Gasteiger partial charge is 0.132 e. The molecule has 0 amide bonds. The Morgan fingerprint density at radius 1 is 0.384 bits per heavy atom. The van der Waals surface area contributed by atoms with E-state index in [9.17, 15) is 5.26 Å². The Morgan fingerprint density at radius 3 is 1.59 bits per heavy atom. The predicted molar refractivity (Wildman–Crippen MR) is 293 cm³/mol. The molecule has 1 spiro atoms. The van der Waals surface area contributed by atoms with E-state index in [2.05, 4.69) is 214 Å². The number of para-hydroxylation sites is 7. The van der Waals surface area contributed by atoms with Gasteiger partial charge in [-0.2, -0.15) is 5.26 Å². The average molecular weight is 931 g/mol. The second kappa shape index (κ2) is 14.8. The summed E-state index contributed by atoms with van der Waals surface area (Å²) in [6.45, 7) is 0. The van der Waals surface area contributed by atoms with Crippen molar-refractivity contribution in [3.63, 3.8) is 0 Å². The number of rotatable bonds is 4. The molecule has 0 saturated heterocycles. The van der Waals surface area contributed by atoms with Crippen molar-refractivity contribution in [1.82, 2.24) is 23.7 Å². The maximum atomic E-state index is 9.89. The summed E-state index contributed by atoms with van der Waals surface area (Å²) in [6, 6.07) is 80.2. The highest BCUT2D eigenvalue weighted by atomic mass is 16.5. The van der Waals surface area contributed by atoms with Crippen LogP contribution in [0.3, 0.4) is 0 Å². The first kappa shape index (κ1) is 39.8. The van der Waals surface area contributed by atoms with Crippen LogP contribution in [-0.2, 0) is 5.41 Å². The van der Waals surface area contributed by atoms with Crippen molar-refractivity contribution in [3.8, 4) is 57.1 Å². The maximum Gasteiger partial charge on any atom is 0.132 e. The Labute approximate surface area is 418 Å². The Hall–Kier alpha value is -10.0. The van der Waals surface area contributed by atoms with E-state index in [-0.39, 0.29) is 0 Å². The Morgan fingerprint density at radius 2 is 0.890 bits per heavy atom. The normalized spacial score (nSPS) is 14.5. The molecule has 1 atom stereocenters. The fourth-order valence-electron chi connectivity index (χ4n) is 12.7. The van der Waals surface area contributed by atoms with Gasteiger partial charge in [0.2, 0.25) is 0 Å². The van der Waals surface area contributed by atoms with E-state index in [4.69, 9.17) is 14.7 Å². The standard InChI is InChI=1S/C66H38N6O/c67-38-40-27-31-58-48(34-40)46-16-3-6-20-54(46)70(58)43-37-53-65(69-39-43)64-52(19-13-33-68-64)66(53)50-18-5-12-26-62(50)73-63-36-42(28-30-51(63)66)41-29-32-59-49(35-41)47-17-4-9-23-57(47)72(59)61-25-11-10-24-60(61)71-55-21-7-1-14-44(55)45-15-2-8-22-56(45)71/h1-37,39H. The van der Waals surface area contributed by atoms with Crippen LogP contribution in [-0.4, -0.2) is 23.7 Å². The van der Waals surface area contributed by atoms with Gasteiger partial charge in [0, 0.05) is 55.2 Å². The zero-order valence-corrected chi connectivity index (χ0v) is 39.0. The fourth-order valence-corrected chi connectivity index (χ4v) is 12.7. The number of hydrogen-bond acceptors (Lipinski definition) is 4. The van der Waals surface area contributed by atoms with Gasteiger partial charge in [-0.25, -0.2) is 0 Å². The molecule has 0 fully saturated rings. The lowest BCUT2D eigenvalue weighted by Gasteiger charge is -2.39. The summed E-state index contributed by atoms with van der Waals surface area (Å²) in [5.74, 6) is 1.58. The zero-order valence-electron chi connectivity index (χ0n) is 39.0. The quantitative estimate of drug-likeness (QED) is 0.176. The molecule has 9 aromatic carbocycles. The van der Waals surface area contributed by atoms with Crippen LogP contribution < -0.4 is 4.74 Å². The van der Waals surface area contributed by atoms with Crippen LogP contribution in [0.2, 0.25) is 0 Å². The lowest BCUT2D eigenvalue weighted by Crippen LogP contribution is -2.32. The summed E-state index contributed by atoms with van der Waals surface area (Å²) in [5, 5.41) is 16.8. The van der Waals surface area contributed by atoms with Crippen LogP contribution in [0.1, 0.15) is 27.8 Å². The molecule has 0 N–H and O–H groups in total. The molecule has 0 radical (unpaired) electrons. The molecule has 6 heterocycles. The number of pyridine rings is 2. The molecule has 338 valence electrons. The minimum atomic E-state index is -0.793. The third-order valence-corrected chi connectivity index (χ3v) is 15.6. The van der Waals surface area contributed by atoms with Crippen LogP contribution in [0.5, 0.6) is 11.5 Å². The Balaban J connectivity index is 0.884. The highest BCUT2D eigenvalue weighted by Crippen LogP contribution is 2.62. The summed E-state index contributed by atoms with van der Waals surface area (Å²) in [5.41, 5.74) is 17.7. The molecule has 0 saturated carbocycles. The van der Waals surface area contributed by atoms with Gasteiger partial charge in [-0.3, -0.25) is 9.97 Å². The second-order valence-electron chi connectivity index (χ2n) is 19.2. The molecule has 2 aliphatic rings. The zero-order chi connectivity index (χ0) is 47.9. The second-order valence-corrected chi connectivity index (χ2v) is 19.2. The summed E-state index contributed by atoms with van der Waals surface area (Å²) in [7, 11) is 0. The number of nitrogens with zero attached hydrogens (tertiary/aromatic N) is 6. The van der Waals surface area contributed by atoms with Gasteiger partial charge in [-0.1, -0.05) is 127 Å². The highest BCUT2D eigenvalue weighted by Gasteiger charge is 2.52. The first-order chi connectivity index (χ1) is 36.2. The van der Waals surface area contributed by atoms with Crippen molar-refractivity contribution >= 4 is 65.4 Å². The molecule has 14 aromatic rings. The minimum Gasteiger partial charge on any atom is -0.457 e. The van der Waals surface area contributed by atoms with E-state index in [0.717, 1.165) is 106 Å². The molecule has 1 aliphatic heterocycles. The number of benzene rings is 9. The molecule has 73 heavy (non-hydrogen) atoms. The first-order valence-corrected chi connectivity index (χ1v) is 24.6. The van der Waals surface area contributed by atoms with Crippen molar-refractivity contribution < 1.29 is 4.74 Å². The van der Waals surface area contributed by atoms with Crippen molar-refractivity contribution in [3.05, 3.63) is 259 Å². The molecule has 7 heteroatoms. The fraction of sp³-hybridized carbons (Fsp3) is 0.0152. The highest BCUT2D eigenvalue weighted by molar-refractivity contribution is 6.13. The summed E-state index contributed by atoms with van der Waals surface area (Å²) >= 11 is 0. The number of ether oxygens (including phenoxy) is 1. The molecule has 7 nitrogen and oxygen atoms in total. The SMILES string of the molecule is N#Cc1ccc2c(c1)c1ccccc1n2-c1cnc2c(c1)C1(c3ccccc3Oc3cc(-c4ccc5c(c4)c4ccccc4n5-c4ccccc4-n4c5ccccc5c5ccccc54)ccc31)c1cccnc1-2. The molecular weight excluding hydrogens is 893 g/mol. The molecule has 0 bridgehead atoms. The van der Waals surface area contributed by atoms with Gasteiger partial charge in [0.1, 0.15) is 11.5 Å². The van der Waals surface area contributed by atoms with E-state index >= 15 is 0 Å². The van der Waals surface area contributed by atoms with Gasteiger partial charge in [0.15, 0.2) is 0 Å². The van der Waals surface area contributed by atoms with E-state index in [1.807, 2.05) is 36.7 Å². The van der Waals surface area contributed by atoms with E-state index in [0.29, 0.717) is 5.56 Å². The third-order valence-electron chi connectivity index (χ3n) is 15.6. The molecule has 1 unspecified atom stereocenters. The monoisotopic (exact) mass is 930 g/mol. The van der Waals surface area contributed by atoms with Crippen molar-refractivity contribution in [2.45, 2.75) is 5.41 Å². The van der Waals surface area contributed by atoms with Crippen LogP contribution in [0.15, 0.2) is 231 Å². The Kier molecular flexibility index (Phi) is 8.04. The van der Waals surface area contributed by atoms with Gasteiger partial charge in [-0.05, 0) is 108 Å². The molecular formula is C66H38N6O. The van der Waals surface area contributed by atoms with Crippen LogP contribution in [0.25, 0.3) is 105 Å². The third kappa shape index (κ3) is 5.30. The number of hydrogen-bond donors (Lipinski definition) is 0. The molecule has 16 rings (SSSR count). The Bertz CT molecular complexity index is 4700. The minimum absolute atomic E-state index is 0.627. The lowest BCUT2D eigenvalue weighted by molar-refractivity contribution is 0.436. The summed E-state index contributed by atoms with van der Waals surface area (Å²) < 4.78 is 14.2. The van der Waals surface area contributed by atoms with Crippen molar-refractivity contribution in [1.29, 1.82) is 5.26 Å². The predicted octanol–water partition coefficient (Wildman–Crippen LogP) is 15.8. The van der Waals surface area contributed by atoms with Gasteiger partial charge in [0.05, 0.1) is 84.8 Å². The number of aromatic nitrogens is 5. The lowest BCUT2D eigenvalue weighted by atomic mass is 9.66. The summed E-state index contributed by atoms with van der Waals surface area (Å²) in [4.78, 5) is 10.4.